The van der Waals surface area contributed by atoms with Crippen LogP contribution in [0.2, 0.25) is 0 Å². The molecule has 0 fully saturated rings. The van der Waals surface area contributed by atoms with E-state index in [1.807, 2.05) is 6.08 Å². The lowest BCUT2D eigenvalue weighted by molar-refractivity contribution is -0.143. The number of ether oxygens (including phenoxy) is 1. The van der Waals surface area contributed by atoms with E-state index in [9.17, 15) is 19.8 Å². The van der Waals surface area contributed by atoms with Crippen molar-refractivity contribution >= 4 is 11.9 Å². The van der Waals surface area contributed by atoms with Gasteiger partial charge in [0.05, 0.1) is 25.4 Å². The maximum absolute atomic E-state index is 12.5. The van der Waals surface area contributed by atoms with E-state index in [4.69, 9.17) is 4.74 Å². The second-order valence-electron chi connectivity index (χ2n) is 23.1. The summed E-state index contributed by atoms with van der Waals surface area (Å²) in [7, 11) is 0. The highest BCUT2D eigenvalue weighted by atomic mass is 16.5. The van der Waals surface area contributed by atoms with Crippen molar-refractivity contribution in [3.05, 3.63) is 48.6 Å². The van der Waals surface area contributed by atoms with Gasteiger partial charge in [-0.25, -0.2) is 0 Å². The van der Waals surface area contributed by atoms with E-state index in [1.54, 1.807) is 6.08 Å². The molecular formula is C70H131NO5. The van der Waals surface area contributed by atoms with E-state index in [2.05, 4.69) is 55.6 Å². The molecule has 0 saturated heterocycles. The van der Waals surface area contributed by atoms with Crippen LogP contribution in [0, 0.1) is 0 Å². The van der Waals surface area contributed by atoms with Gasteiger partial charge in [-0.2, -0.15) is 0 Å². The number of aliphatic hydroxyl groups excluding tert-OH is 2. The van der Waals surface area contributed by atoms with Gasteiger partial charge in [0.25, 0.3) is 0 Å². The summed E-state index contributed by atoms with van der Waals surface area (Å²) in [5.74, 6) is -0.0621. The normalized spacial score (nSPS) is 12.8. The third-order valence-corrected chi connectivity index (χ3v) is 15.6. The average Bonchev–Trinajstić information content (AvgIpc) is 3.42. The van der Waals surface area contributed by atoms with E-state index in [1.165, 1.54) is 283 Å². The highest BCUT2D eigenvalue weighted by Crippen LogP contribution is 2.17. The summed E-state index contributed by atoms with van der Waals surface area (Å²) >= 11 is 0. The summed E-state index contributed by atoms with van der Waals surface area (Å²) in [6, 6.07) is -0.630. The standard InChI is InChI=1S/C70H131NO5/c1-3-5-7-9-11-13-15-17-19-20-32-36-40-44-48-52-56-60-64-70(75)76-65-61-57-53-49-45-41-37-33-30-28-26-24-22-21-23-25-27-29-31-35-39-43-47-51-55-59-63-69(74)71-67(66-72)68(73)62-58-54-50-46-42-38-34-18-16-14-12-10-8-6-4-2/h13,15,19-21,23,58,62,67-68,72-73H,3-12,14,16-18,22,24-57,59-61,63-66H2,1-2H3,(H,71,74)/b15-13-,20-19-,23-21-,62-58+. The minimum atomic E-state index is -0.846. The maximum atomic E-state index is 12.5. The van der Waals surface area contributed by atoms with E-state index in [-0.39, 0.29) is 18.5 Å². The number of allylic oxidation sites excluding steroid dienone is 7. The molecule has 0 aliphatic rings. The van der Waals surface area contributed by atoms with Crippen molar-refractivity contribution in [1.29, 1.82) is 0 Å². The molecule has 6 nitrogen and oxygen atoms in total. The smallest absolute Gasteiger partial charge is 0.305 e. The van der Waals surface area contributed by atoms with E-state index in [0.29, 0.717) is 19.4 Å². The third-order valence-electron chi connectivity index (χ3n) is 15.6. The number of unbranched alkanes of at least 4 members (excludes halogenated alkanes) is 46. The SMILES string of the molecule is CCCCCC/C=C\C/C=C\CCCCCCCCCC(=O)OCCCCCCCCCCCCCC/C=C\CCCCCCCCCCCCC(=O)NC(CO)C(O)/C=C/CCCCCCCCCCCCCCC. The Bertz CT molecular complexity index is 1270. The predicted octanol–water partition coefficient (Wildman–Crippen LogP) is 21.7. The molecule has 0 heterocycles. The van der Waals surface area contributed by atoms with Crippen LogP contribution in [0.4, 0.5) is 0 Å². The molecule has 6 heteroatoms. The molecule has 1 amide bonds. The van der Waals surface area contributed by atoms with E-state index >= 15 is 0 Å². The molecule has 0 radical (unpaired) electrons. The molecule has 0 bridgehead atoms. The molecule has 3 N–H and O–H groups in total. The van der Waals surface area contributed by atoms with Crippen LogP contribution >= 0.6 is 0 Å². The Labute approximate surface area is 474 Å². The molecule has 0 saturated carbocycles. The van der Waals surface area contributed by atoms with Crippen LogP contribution in [0.25, 0.3) is 0 Å². The Morgan fingerprint density at radius 1 is 0.368 bits per heavy atom. The van der Waals surface area contributed by atoms with Crippen molar-refractivity contribution in [3.8, 4) is 0 Å². The summed E-state index contributed by atoms with van der Waals surface area (Å²) < 4.78 is 5.50. The summed E-state index contributed by atoms with van der Waals surface area (Å²) in [5.41, 5.74) is 0. The van der Waals surface area contributed by atoms with Gasteiger partial charge in [0.1, 0.15) is 0 Å². The van der Waals surface area contributed by atoms with Gasteiger partial charge in [-0.1, -0.05) is 306 Å². The van der Waals surface area contributed by atoms with Crippen LogP contribution in [0.15, 0.2) is 48.6 Å². The van der Waals surface area contributed by atoms with Gasteiger partial charge in [0.15, 0.2) is 0 Å². The zero-order chi connectivity index (χ0) is 55.0. The van der Waals surface area contributed by atoms with Gasteiger partial charge >= 0.3 is 5.97 Å². The fraction of sp³-hybridized carbons (Fsp3) is 0.857. The van der Waals surface area contributed by atoms with Crippen LogP contribution < -0.4 is 5.32 Å². The molecule has 446 valence electrons. The molecule has 0 aromatic rings. The number of carbonyl (C=O) groups excluding carboxylic acids is 2. The first-order valence-corrected chi connectivity index (χ1v) is 33.9. The zero-order valence-electron chi connectivity index (χ0n) is 51.0. The van der Waals surface area contributed by atoms with Gasteiger partial charge in [0, 0.05) is 12.8 Å². The second kappa shape index (κ2) is 65.3. The Balaban J connectivity index is 3.40. The van der Waals surface area contributed by atoms with Crippen LogP contribution in [-0.2, 0) is 14.3 Å². The van der Waals surface area contributed by atoms with E-state index < -0.39 is 12.1 Å². The maximum Gasteiger partial charge on any atom is 0.305 e. The molecule has 0 aliphatic carbocycles. The molecule has 0 aromatic carbocycles. The van der Waals surface area contributed by atoms with Gasteiger partial charge in [-0.05, 0) is 89.9 Å². The lowest BCUT2D eigenvalue weighted by Crippen LogP contribution is -2.45. The first kappa shape index (κ1) is 73.8. The van der Waals surface area contributed by atoms with Crippen LogP contribution in [-0.4, -0.2) is 47.4 Å². The number of carbonyl (C=O) groups is 2. The van der Waals surface area contributed by atoms with Crippen molar-refractivity contribution in [2.45, 2.75) is 373 Å². The molecule has 2 atom stereocenters. The molecule has 2 unspecified atom stereocenters. The average molecular weight is 1070 g/mol. The van der Waals surface area contributed by atoms with Gasteiger partial charge in [0.2, 0.25) is 5.91 Å². The number of aliphatic hydroxyl groups is 2. The van der Waals surface area contributed by atoms with Crippen molar-refractivity contribution in [1.82, 2.24) is 5.32 Å². The first-order valence-electron chi connectivity index (χ1n) is 33.9. The molecular weight excluding hydrogens is 935 g/mol. The summed E-state index contributed by atoms with van der Waals surface area (Å²) in [4.78, 5) is 24.6. The number of esters is 1. The molecule has 0 aliphatic heterocycles. The Morgan fingerprint density at radius 2 is 0.658 bits per heavy atom. The number of hydrogen-bond donors (Lipinski definition) is 3. The lowest BCUT2D eigenvalue weighted by atomic mass is 10.0. The summed E-state index contributed by atoms with van der Waals surface area (Å²) in [6.45, 7) is 4.90. The molecule has 76 heavy (non-hydrogen) atoms. The van der Waals surface area contributed by atoms with Crippen molar-refractivity contribution in [3.63, 3.8) is 0 Å². The monoisotopic (exact) mass is 1070 g/mol. The second-order valence-corrected chi connectivity index (χ2v) is 23.1. The minimum absolute atomic E-state index is 0.00656. The predicted molar refractivity (Wildman–Crippen MR) is 333 cm³/mol. The highest BCUT2D eigenvalue weighted by molar-refractivity contribution is 5.76. The van der Waals surface area contributed by atoms with E-state index in [0.717, 1.165) is 51.4 Å². The fourth-order valence-electron chi connectivity index (χ4n) is 10.4. The third kappa shape index (κ3) is 61.0. The largest absolute Gasteiger partial charge is 0.466 e. The van der Waals surface area contributed by atoms with Crippen molar-refractivity contribution in [2.24, 2.45) is 0 Å². The molecule has 0 aromatic heterocycles. The van der Waals surface area contributed by atoms with Crippen molar-refractivity contribution in [2.75, 3.05) is 13.2 Å². The highest BCUT2D eigenvalue weighted by Gasteiger charge is 2.18. The lowest BCUT2D eigenvalue weighted by Gasteiger charge is -2.20. The number of hydrogen-bond acceptors (Lipinski definition) is 5. The minimum Gasteiger partial charge on any atom is -0.466 e. The van der Waals surface area contributed by atoms with Gasteiger partial charge < -0.3 is 20.3 Å². The fourth-order valence-corrected chi connectivity index (χ4v) is 10.4. The number of nitrogens with one attached hydrogen (secondary N) is 1. The van der Waals surface area contributed by atoms with Crippen LogP contribution in [0.3, 0.4) is 0 Å². The van der Waals surface area contributed by atoms with Crippen LogP contribution in [0.1, 0.15) is 361 Å². The molecule has 0 spiro atoms. The van der Waals surface area contributed by atoms with Crippen molar-refractivity contribution < 1.29 is 24.5 Å². The van der Waals surface area contributed by atoms with Gasteiger partial charge in [-0.15, -0.1) is 0 Å². The summed E-state index contributed by atoms with van der Waals surface area (Å²) in [5, 5.41) is 23.1. The molecule has 0 rings (SSSR count). The topological polar surface area (TPSA) is 95.9 Å². The quantitative estimate of drug-likeness (QED) is 0.0320. The number of rotatable bonds is 63. The zero-order valence-corrected chi connectivity index (χ0v) is 51.0. The number of amides is 1. The Hall–Kier alpha value is -2.18. The Morgan fingerprint density at radius 3 is 1.03 bits per heavy atom. The van der Waals surface area contributed by atoms with Gasteiger partial charge in [-0.3, -0.25) is 9.59 Å². The summed E-state index contributed by atoms with van der Waals surface area (Å²) in [6.07, 6.45) is 84.6. The Kier molecular flexibility index (Phi) is 63.5. The first-order chi connectivity index (χ1) is 37.5. The van der Waals surface area contributed by atoms with Crippen LogP contribution in [0.5, 0.6) is 0 Å².